The number of nitrogens with zero attached hydrogens (tertiary/aromatic N) is 1. The van der Waals surface area contributed by atoms with Gasteiger partial charge in [0.25, 0.3) is 0 Å². The zero-order chi connectivity index (χ0) is 16.4. The average molecular weight is 317 g/mol. The van der Waals surface area contributed by atoms with Crippen molar-refractivity contribution < 1.29 is 19.1 Å². The van der Waals surface area contributed by atoms with Crippen LogP contribution in [0.1, 0.15) is 20.8 Å². The first-order valence-corrected chi connectivity index (χ1v) is 9.90. The third-order valence-electron chi connectivity index (χ3n) is 4.15. The highest BCUT2D eigenvalue weighted by molar-refractivity contribution is 6.74. The number of guanidine groups is 1. The van der Waals surface area contributed by atoms with Crippen molar-refractivity contribution in [2.45, 2.75) is 57.2 Å². The number of nitrogens with two attached hydrogens (primary N) is 1. The highest BCUT2D eigenvalue weighted by Crippen LogP contribution is 2.38. The smallest absolute Gasteiger partial charge is 0.331 e. The normalized spacial score (nSPS) is 27.4. The lowest BCUT2D eigenvalue weighted by Crippen LogP contribution is -2.59. The highest BCUT2D eigenvalue weighted by atomic mass is 28.4. The molecule has 0 spiro atoms. The minimum absolute atomic E-state index is 0.0495. The fraction of sp³-hybridized carbons (Fsp3) is 0.846. The largest absolute Gasteiger partial charge is 0.467 e. The second-order valence-electron chi connectivity index (χ2n) is 6.78. The molecule has 0 saturated carbocycles. The molecule has 0 aromatic heterocycles. The van der Waals surface area contributed by atoms with Crippen molar-refractivity contribution in [3.8, 4) is 0 Å². The Morgan fingerprint density at radius 2 is 2.05 bits per heavy atom. The molecule has 0 unspecified atom stereocenters. The lowest BCUT2D eigenvalue weighted by molar-refractivity contribution is -0.147. The number of methoxy groups -OCH3 is 1. The lowest BCUT2D eigenvalue weighted by Gasteiger charge is -2.41. The Hall–Kier alpha value is -1.12. The monoisotopic (exact) mass is 317 g/mol. The van der Waals surface area contributed by atoms with Gasteiger partial charge in [-0.1, -0.05) is 20.8 Å². The molecular formula is C13H27N3O4Si. The molecule has 0 aliphatic carbocycles. The molecule has 3 atom stereocenters. The predicted molar refractivity (Wildman–Crippen MR) is 83.5 cm³/mol. The number of aliphatic hydroxyl groups is 1. The number of aliphatic imine (C=N–C) groups is 1. The Kier molecular flexibility index (Phi) is 5.40. The summed E-state index contributed by atoms with van der Waals surface area (Å²) in [7, 11) is -0.889. The molecule has 21 heavy (non-hydrogen) atoms. The van der Waals surface area contributed by atoms with Crippen LogP contribution in [-0.2, 0) is 14.0 Å². The quantitative estimate of drug-likeness (QED) is 0.507. The summed E-state index contributed by atoms with van der Waals surface area (Å²) in [5, 5.41) is 13.0. The van der Waals surface area contributed by atoms with Gasteiger partial charge < -0.3 is 25.3 Å². The topological polar surface area (TPSA) is 106 Å². The Balaban J connectivity index is 3.06. The number of aliphatic hydroxyl groups excluding tert-OH is 1. The maximum atomic E-state index is 12.0. The van der Waals surface area contributed by atoms with Crippen molar-refractivity contribution in [3.05, 3.63) is 0 Å². The number of ether oxygens (including phenoxy) is 1. The van der Waals surface area contributed by atoms with Crippen molar-refractivity contribution >= 4 is 20.2 Å². The van der Waals surface area contributed by atoms with Crippen molar-refractivity contribution in [2.24, 2.45) is 10.7 Å². The van der Waals surface area contributed by atoms with Crippen LogP contribution >= 0.6 is 0 Å². The molecule has 1 aliphatic rings. The van der Waals surface area contributed by atoms with E-state index in [1.165, 1.54) is 7.11 Å². The Labute approximate surface area is 127 Å². The SMILES string of the molecule is COC(=O)[C@H]1NC(N)=NC[C@@H](O)[C@H]1O[Si](C)(C)C(C)(C)C. The first-order valence-electron chi connectivity index (χ1n) is 7.00. The molecule has 1 aliphatic heterocycles. The van der Waals surface area contributed by atoms with Gasteiger partial charge >= 0.3 is 5.97 Å². The first-order chi connectivity index (χ1) is 9.49. The zero-order valence-corrected chi connectivity index (χ0v) is 14.6. The number of nitrogens with one attached hydrogen (secondary N) is 1. The second-order valence-corrected chi connectivity index (χ2v) is 11.5. The van der Waals surface area contributed by atoms with E-state index in [-0.39, 0.29) is 17.5 Å². The zero-order valence-electron chi connectivity index (χ0n) is 13.6. The molecule has 0 radical (unpaired) electrons. The van der Waals surface area contributed by atoms with E-state index in [0.717, 1.165) is 0 Å². The van der Waals surface area contributed by atoms with E-state index in [1.807, 2.05) is 0 Å². The van der Waals surface area contributed by atoms with Crippen molar-refractivity contribution in [2.75, 3.05) is 13.7 Å². The van der Waals surface area contributed by atoms with Crippen LogP contribution in [-0.4, -0.2) is 57.3 Å². The Morgan fingerprint density at radius 1 is 1.48 bits per heavy atom. The highest BCUT2D eigenvalue weighted by Gasteiger charge is 2.45. The molecular weight excluding hydrogens is 290 g/mol. The summed E-state index contributed by atoms with van der Waals surface area (Å²) in [6.45, 7) is 10.5. The molecule has 7 nitrogen and oxygen atoms in total. The fourth-order valence-corrected chi connectivity index (χ4v) is 3.12. The maximum absolute atomic E-state index is 12.0. The summed E-state index contributed by atoms with van der Waals surface area (Å²) in [5.74, 6) is -0.427. The van der Waals surface area contributed by atoms with E-state index in [1.54, 1.807) is 0 Å². The molecule has 1 heterocycles. The molecule has 0 saturated heterocycles. The predicted octanol–water partition coefficient (Wildman–Crippen LogP) is 0.197. The van der Waals surface area contributed by atoms with E-state index in [2.05, 4.69) is 44.2 Å². The van der Waals surface area contributed by atoms with Gasteiger partial charge in [-0.25, -0.2) is 4.79 Å². The van der Waals surface area contributed by atoms with Gasteiger partial charge in [-0.05, 0) is 18.1 Å². The van der Waals surface area contributed by atoms with Crippen LogP contribution in [0.2, 0.25) is 18.1 Å². The van der Waals surface area contributed by atoms with Crippen LogP contribution in [0.5, 0.6) is 0 Å². The van der Waals surface area contributed by atoms with E-state index >= 15 is 0 Å². The summed E-state index contributed by atoms with van der Waals surface area (Å²) >= 11 is 0. The minimum atomic E-state index is -2.18. The van der Waals surface area contributed by atoms with Gasteiger partial charge in [0, 0.05) is 0 Å². The van der Waals surface area contributed by atoms with E-state index in [4.69, 9.17) is 14.9 Å². The molecule has 8 heteroatoms. The van der Waals surface area contributed by atoms with Crippen LogP contribution in [0.15, 0.2) is 4.99 Å². The lowest BCUT2D eigenvalue weighted by atomic mass is 10.1. The van der Waals surface area contributed by atoms with Crippen molar-refractivity contribution in [3.63, 3.8) is 0 Å². The summed E-state index contributed by atoms with van der Waals surface area (Å²) < 4.78 is 11.0. The van der Waals surface area contributed by atoms with Crippen LogP contribution in [0.4, 0.5) is 0 Å². The number of hydrogen-bond donors (Lipinski definition) is 3. The molecule has 0 bridgehead atoms. The van der Waals surface area contributed by atoms with Gasteiger partial charge in [0.15, 0.2) is 20.3 Å². The van der Waals surface area contributed by atoms with Gasteiger partial charge in [0.1, 0.15) is 12.2 Å². The number of carbonyl (C=O) groups is 1. The maximum Gasteiger partial charge on any atom is 0.331 e. The van der Waals surface area contributed by atoms with Crippen LogP contribution in [0.3, 0.4) is 0 Å². The molecule has 0 aromatic carbocycles. The van der Waals surface area contributed by atoms with Crippen molar-refractivity contribution in [1.82, 2.24) is 5.32 Å². The van der Waals surface area contributed by atoms with E-state index < -0.39 is 32.5 Å². The summed E-state index contributed by atoms with van der Waals surface area (Å²) in [6.07, 6.45) is -1.67. The van der Waals surface area contributed by atoms with E-state index in [9.17, 15) is 9.90 Å². The average Bonchev–Trinajstić information content (AvgIpc) is 2.49. The molecule has 0 fully saturated rings. The standard InChI is InChI=1S/C13H27N3O4Si/c1-13(2,3)21(5,6)20-10-8(17)7-15-12(14)16-9(10)11(18)19-4/h8-10,17H,7H2,1-6H3,(H3,14,15,16)/t8-,9+,10-/m1/s1. The van der Waals surface area contributed by atoms with Crippen LogP contribution in [0.25, 0.3) is 0 Å². The summed E-state index contributed by atoms with van der Waals surface area (Å²) in [5.41, 5.74) is 5.67. The van der Waals surface area contributed by atoms with Gasteiger partial charge in [0.2, 0.25) is 0 Å². The molecule has 1 rings (SSSR count). The second kappa shape index (κ2) is 6.33. The molecule has 122 valence electrons. The van der Waals surface area contributed by atoms with Gasteiger partial charge in [0.05, 0.1) is 13.7 Å². The Morgan fingerprint density at radius 3 is 2.52 bits per heavy atom. The summed E-state index contributed by atoms with van der Waals surface area (Å²) in [4.78, 5) is 16.0. The number of rotatable bonds is 3. The van der Waals surface area contributed by atoms with Gasteiger partial charge in [-0.3, -0.25) is 4.99 Å². The first kappa shape index (κ1) is 17.9. The molecule has 0 aromatic rings. The fourth-order valence-electron chi connectivity index (χ4n) is 1.79. The van der Waals surface area contributed by atoms with Gasteiger partial charge in [-0.15, -0.1) is 0 Å². The minimum Gasteiger partial charge on any atom is -0.467 e. The van der Waals surface area contributed by atoms with Crippen molar-refractivity contribution in [1.29, 1.82) is 0 Å². The summed E-state index contributed by atoms with van der Waals surface area (Å²) in [6, 6.07) is -0.870. The Bertz CT molecular complexity index is 420. The third kappa shape index (κ3) is 4.18. The third-order valence-corrected chi connectivity index (χ3v) is 8.63. The number of hydrogen-bond acceptors (Lipinski definition) is 7. The number of esters is 1. The van der Waals surface area contributed by atoms with Crippen LogP contribution in [0, 0.1) is 0 Å². The molecule has 0 amide bonds. The van der Waals surface area contributed by atoms with Crippen LogP contribution < -0.4 is 11.1 Å². The van der Waals surface area contributed by atoms with Gasteiger partial charge in [-0.2, -0.15) is 0 Å². The molecule has 4 N–H and O–H groups in total. The van der Waals surface area contributed by atoms with E-state index in [0.29, 0.717) is 0 Å². The number of carbonyl (C=O) groups excluding carboxylic acids is 1.